The summed E-state index contributed by atoms with van der Waals surface area (Å²) in [7, 11) is 0. The Morgan fingerprint density at radius 3 is 3.05 bits per heavy atom. The van der Waals surface area contributed by atoms with E-state index in [0.717, 1.165) is 17.1 Å². The first-order valence-electron chi connectivity index (χ1n) is 6.09. The summed E-state index contributed by atoms with van der Waals surface area (Å²) in [4.78, 5) is 28.8. The largest absolute Gasteiger partial charge is 0.480 e. The molecule has 5 nitrogen and oxygen atoms in total. The molecule has 2 rings (SSSR count). The molecule has 0 radical (unpaired) electrons. The number of nitrogens with zero attached hydrogens (tertiary/aromatic N) is 2. The molecule has 1 aliphatic rings. The van der Waals surface area contributed by atoms with Gasteiger partial charge >= 0.3 is 5.97 Å². The smallest absolute Gasteiger partial charge is 0.326 e. The number of aryl methyl sites for hydroxylation is 1. The van der Waals surface area contributed by atoms with Crippen LogP contribution in [0.1, 0.15) is 23.5 Å². The van der Waals surface area contributed by atoms with Gasteiger partial charge < -0.3 is 10.0 Å². The van der Waals surface area contributed by atoms with Crippen LogP contribution in [0.15, 0.2) is 5.38 Å². The van der Waals surface area contributed by atoms with E-state index in [-0.39, 0.29) is 5.91 Å². The van der Waals surface area contributed by atoms with E-state index in [1.807, 2.05) is 12.3 Å². The summed E-state index contributed by atoms with van der Waals surface area (Å²) in [5.41, 5.74) is 0.983. The van der Waals surface area contributed by atoms with Gasteiger partial charge in [-0.1, -0.05) is 0 Å². The number of hydrogen-bond acceptors (Lipinski definition) is 5. The molecule has 1 unspecified atom stereocenters. The second kappa shape index (κ2) is 6.38. The summed E-state index contributed by atoms with van der Waals surface area (Å²) >= 11 is 3.08. The van der Waals surface area contributed by atoms with Gasteiger partial charge in [0.05, 0.1) is 16.5 Å². The lowest BCUT2D eigenvalue weighted by Crippen LogP contribution is -2.41. The maximum atomic E-state index is 12.0. The SMILES string of the molecule is Cc1nc(CSCC(=O)N2CCCC2C(=O)O)cs1. The average molecular weight is 300 g/mol. The number of aromatic nitrogens is 1. The molecule has 1 aromatic heterocycles. The first-order chi connectivity index (χ1) is 9.08. The van der Waals surface area contributed by atoms with Crippen molar-refractivity contribution < 1.29 is 14.7 Å². The first kappa shape index (κ1) is 14.3. The van der Waals surface area contributed by atoms with Gasteiger partial charge in [0.25, 0.3) is 0 Å². The van der Waals surface area contributed by atoms with E-state index in [0.29, 0.717) is 24.5 Å². The number of thioether (sulfide) groups is 1. The molecule has 1 amide bonds. The van der Waals surface area contributed by atoms with Crippen LogP contribution in [0, 0.1) is 6.92 Å². The fraction of sp³-hybridized carbons (Fsp3) is 0.583. The van der Waals surface area contributed by atoms with Crippen LogP contribution in [-0.4, -0.2) is 45.2 Å². The summed E-state index contributed by atoms with van der Waals surface area (Å²) in [5, 5.41) is 12.0. The molecule has 1 atom stereocenters. The van der Waals surface area contributed by atoms with Crippen molar-refractivity contribution >= 4 is 35.0 Å². The van der Waals surface area contributed by atoms with Crippen LogP contribution in [0.4, 0.5) is 0 Å². The molecule has 0 saturated carbocycles. The standard InChI is InChI=1S/C12H16N2O3S2/c1-8-13-9(6-19-8)5-18-7-11(15)14-4-2-3-10(14)12(16)17/h6,10H,2-5,7H2,1H3,(H,16,17). The van der Waals surface area contributed by atoms with Crippen LogP contribution < -0.4 is 0 Å². The molecular formula is C12H16N2O3S2. The lowest BCUT2D eigenvalue weighted by Gasteiger charge is -2.21. The van der Waals surface area contributed by atoms with Crippen molar-refractivity contribution in [2.75, 3.05) is 12.3 Å². The lowest BCUT2D eigenvalue weighted by atomic mass is 10.2. The summed E-state index contributed by atoms with van der Waals surface area (Å²) in [6.07, 6.45) is 1.34. The molecular weight excluding hydrogens is 284 g/mol. The van der Waals surface area contributed by atoms with Gasteiger partial charge in [-0.3, -0.25) is 4.79 Å². The van der Waals surface area contributed by atoms with Crippen molar-refractivity contribution in [3.63, 3.8) is 0 Å². The zero-order valence-corrected chi connectivity index (χ0v) is 12.3. The van der Waals surface area contributed by atoms with Crippen molar-refractivity contribution in [3.05, 3.63) is 16.1 Å². The number of aliphatic carboxylic acids is 1. The number of amides is 1. The van der Waals surface area contributed by atoms with E-state index in [4.69, 9.17) is 5.11 Å². The predicted molar refractivity (Wildman–Crippen MR) is 75.4 cm³/mol. The van der Waals surface area contributed by atoms with Gasteiger partial charge in [0.1, 0.15) is 6.04 Å². The van der Waals surface area contributed by atoms with Gasteiger partial charge in [-0.15, -0.1) is 23.1 Å². The van der Waals surface area contributed by atoms with Gasteiger partial charge in [-0.05, 0) is 19.8 Å². The molecule has 19 heavy (non-hydrogen) atoms. The Hall–Kier alpha value is -1.08. The molecule has 0 aromatic carbocycles. The Kier molecular flexibility index (Phi) is 4.81. The lowest BCUT2D eigenvalue weighted by molar-refractivity contribution is -0.147. The molecule has 1 saturated heterocycles. The predicted octanol–water partition coefficient (Wildman–Crippen LogP) is 1.76. The third-order valence-electron chi connectivity index (χ3n) is 3.00. The summed E-state index contributed by atoms with van der Waals surface area (Å²) < 4.78 is 0. The van der Waals surface area contributed by atoms with Gasteiger partial charge in [-0.25, -0.2) is 9.78 Å². The Balaban J connectivity index is 1.79. The van der Waals surface area contributed by atoms with Crippen molar-refractivity contribution in [1.29, 1.82) is 0 Å². The number of carboxylic acid groups (broad SMARTS) is 1. The number of likely N-dealkylation sites (tertiary alicyclic amines) is 1. The Bertz CT molecular complexity index is 475. The molecule has 1 fully saturated rings. The van der Waals surface area contributed by atoms with Crippen molar-refractivity contribution in [2.45, 2.75) is 31.6 Å². The molecule has 2 heterocycles. The molecule has 0 bridgehead atoms. The number of carbonyl (C=O) groups excluding carboxylic acids is 1. The molecule has 7 heteroatoms. The van der Waals surface area contributed by atoms with Crippen molar-refractivity contribution in [2.24, 2.45) is 0 Å². The van der Waals surface area contributed by atoms with Crippen LogP contribution in [-0.2, 0) is 15.3 Å². The highest BCUT2D eigenvalue weighted by molar-refractivity contribution is 7.99. The second-order valence-corrected chi connectivity index (χ2v) is 6.48. The maximum absolute atomic E-state index is 12.0. The van der Waals surface area contributed by atoms with Crippen LogP contribution in [0.2, 0.25) is 0 Å². The number of carboxylic acids is 1. The summed E-state index contributed by atoms with van der Waals surface area (Å²) in [5.74, 6) is 0.0370. The van der Waals surface area contributed by atoms with Crippen molar-refractivity contribution in [1.82, 2.24) is 9.88 Å². The van der Waals surface area contributed by atoms with E-state index < -0.39 is 12.0 Å². The molecule has 104 valence electrons. The number of rotatable bonds is 5. The first-order valence-corrected chi connectivity index (χ1v) is 8.12. The van der Waals surface area contributed by atoms with Gasteiger partial charge in [0, 0.05) is 17.7 Å². The Morgan fingerprint density at radius 1 is 1.63 bits per heavy atom. The van der Waals surface area contributed by atoms with E-state index in [2.05, 4.69) is 4.98 Å². The fourth-order valence-electron chi connectivity index (χ4n) is 2.12. The van der Waals surface area contributed by atoms with E-state index >= 15 is 0 Å². The van der Waals surface area contributed by atoms with Gasteiger partial charge in [0.2, 0.25) is 5.91 Å². The van der Waals surface area contributed by atoms with Gasteiger partial charge in [-0.2, -0.15) is 0 Å². The van der Waals surface area contributed by atoms with Crippen molar-refractivity contribution in [3.8, 4) is 0 Å². The number of carbonyl (C=O) groups is 2. The minimum Gasteiger partial charge on any atom is -0.480 e. The Labute approximate surface area is 120 Å². The maximum Gasteiger partial charge on any atom is 0.326 e. The van der Waals surface area contributed by atoms with E-state index in [9.17, 15) is 9.59 Å². The molecule has 1 aliphatic heterocycles. The number of hydrogen-bond donors (Lipinski definition) is 1. The third-order valence-corrected chi connectivity index (χ3v) is 4.77. The second-order valence-electron chi connectivity index (χ2n) is 4.43. The van der Waals surface area contributed by atoms with E-state index in [1.165, 1.54) is 16.7 Å². The normalized spacial score (nSPS) is 18.8. The zero-order chi connectivity index (χ0) is 13.8. The van der Waals surface area contributed by atoms with E-state index in [1.54, 1.807) is 11.3 Å². The zero-order valence-electron chi connectivity index (χ0n) is 10.7. The van der Waals surface area contributed by atoms with Crippen LogP contribution in [0.25, 0.3) is 0 Å². The summed E-state index contributed by atoms with van der Waals surface area (Å²) in [6, 6.07) is -0.630. The molecule has 1 aromatic rings. The average Bonchev–Trinajstić information content (AvgIpc) is 2.97. The van der Waals surface area contributed by atoms with Crippen LogP contribution in [0.3, 0.4) is 0 Å². The molecule has 0 spiro atoms. The van der Waals surface area contributed by atoms with Crippen LogP contribution in [0.5, 0.6) is 0 Å². The monoisotopic (exact) mass is 300 g/mol. The topological polar surface area (TPSA) is 70.5 Å². The molecule has 1 N–H and O–H groups in total. The Morgan fingerprint density at radius 2 is 2.42 bits per heavy atom. The highest BCUT2D eigenvalue weighted by Gasteiger charge is 2.33. The summed E-state index contributed by atoms with van der Waals surface area (Å²) in [6.45, 7) is 2.51. The third kappa shape index (κ3) is 3.70. The van der Waals surface area contributed by atoms with Gasteiger partial charge in [0.15, 0.2) is 0 Å². The highest BCUT2D eigenvalue weighted by Crippen LogP contribution is 2.20. The fourth-order valence-corrected chi connectivity index (χ4v) is 3.64. The quantitative estimate of drug-likeness (QED) is 0.897. The minimum absolute atomic E-state index is 0.0816. The number of thiazole rings is 1. The highest BCUT2D eigenvalue weighted by atomic mass is 32.2. The minimum atomic E-state index is -0.897. The molecule has 0 aliphatic carbocycles. The van der Waals surface area contributed by atoms with Crippen LogP contribution >= 0.6 is 23.1 Å².